The van der Waals surface area contributed by atoms with E-state index >= 15 is 0 Å². The second kappa shape index (κ2) is 7.10. The third kappa shape index (κ3) is 3.62. The number of aromatic nitrogens is 1. The molecule has 9 heteroatoms. The summed E-state index contributed by atoms with van der Waals surface area (Å²) in [5, 5.41) is 2.55. The Labute approximate surface area is 152 Å². The van der Waals surface area contributed by atoms with Gasteiger partial charge in [0.15, 0.2) is 5.78 Å². The van der Waals surface area contributed by atoms with E-state index in [0.717, 1.165) is 4.90 Å². The Balaban J connectivity index is 1.79. The van der Waals surface area contributed by atoms with Gasteiger partial charge in [0.25, 0.3) is 5.91 Å². The van der Waals surface area contributed by atoms with Crippen LogP contribution in [0.1, 0.15) is 22.8 Å². The minimum atomic E-state index is -2.96. The first-order valence-electron chi connectivity index (χ1n) is 7.94. The van der Waals surface area contributed by atoms with Crippen molar-refractivity contribution in [2.45, 2.75) is 19.1 Å². The zero-order valence-corrected chi connectivity index (χ0v) is 14.2. The Morgan fingerprint density at radius 1 is 1.19 bits per heavy atom. The fourth-order valence-corrected chi connectivity index (χ4v) is 2.78. The molecule has 3 amide bonds. The quantitative estimate of drug-likeness (QED) is 0.618. The van der Waals surface area contributed by atoms with Crippen molar-refractivity contribution in [2.24, 2.45) is 0 Å². The van der Waals surface area contributed by atoms with Gasteiger partial charge < -0.3 is 10.1 Å². The lowest BCUT2D eigenvalue weighted by molar-refractivity contribution is -0.130. The minimum absolute atomic E-state index is 0.0705. The summed E-state index contributed by atoms with van der Waals surface area (Å²) in [5.41, 5.74) is -0.715. The van der Waals surface area contributed by atoms with Crippen molar-refractivity contribution < 1.29 is 27.9 Å². The van der Waals surface area contributed by atoms with Gasteiger partial charge in [-0.25, -0.2) is 4.79 Å². The van der Waals surface area contributed by atoms with Crippen molar-refractivity contribution in [3.63, 3.8) is 0 Å². The number of urea groups is 1. The predicted octanol–water partition coefficient (Wildman–Crippen LogP) is 2.33. The van der Waals surface area contributed by atoms with E-state index in [1.807, 2.05) is 0 Å². The van der Waals surface area contributed by atoms with Crippen LogP contribution in [-0.4, -0.2) is 40.8 Å². The van der Waals surface area contributed by atoms with Crippen LogP contribution in [0.3, 0.4) is 0 Å². The number of carbonyl (C=O) groups is 3. The van der Waals surface area contributed by atoms with Crippen molar-refractivity contribution in [2.75, 3.05) is 6.54 Å². The van der Waals surface area contributed by atoms with Gasteiger partial charge in [-0.05, 0) is 36.8 Å². The predicted molar refractivity (Wildman–Crippen MR) is 89.2 cm³/mol. The minimum Gasteiger partial charge on any atom is -0.435 e. The lowest BCUT2D eigenvalue weighted by Crippen LogP contribution is -2.41. The molecule has 0 aliphatic carbocycles. The molecule has 1 fully saturated rings. The number of hydrogen-bond donors (Lipinski definition) is 1. The SMILES string of the molecule is CC1(c2ccc(OC(F)F)cc2)NC(=O)N(CC(=O)c2ccncc2)C1=O. The Kier molecular flexibility index (Phi) is 4.85. The van der Waals surface area contributed by atoms with Gasteiger partial charge >= 0.3 is 12.6 Å². The fourth-order valence-electron chi connectivity index (χ4n) is 2.78. The van der Waals surface area contributed by atoms with Crippen molar-refractivity contribution >= 4 is 17.7 Å². The zero-order valence-electron chi connectivity index (χ0n) is 14.2. The van der Waals surface area contributed by atoms with Gasteiger partial charge in [0.1, 0.15) is 11.3 Å². The molecule has 0 bridgehead atoms. The normalized spacial score (nSPS) is 19.3. The number of benzene rings is 1. The molecule has 2 aromatic rings. The first-order chi connectivity index (χ1) is 12.8. The van der Waals surface area contributed by atoms with E-state index in [9.17, 15) is 23.2 Å². The summed E-state index contributed by atoms with van der Waals surface area (Å²) in [6, 6.07) is 7.63. The molecule has 1 unspecified atom stereocenters. The van der Waals surface area contributed by atoms with Crippen LogP contribution >= 0.6 is 0 Å². The number of nitrogens with zero attached hydrogens (tertiary/aromatic N) is 2. The van der Waals surface area contributed by atoms with Gasteiger partial charge in [-0.2, -0.15) is 8.78 Å². The Bertz CT molecular complexity index is 874. The molecule has 1 aliphatic heterocycles. The number of rotatable bonds is 6. The highest BCUT2D eigenvalue weighted by atomic mass is 19.3. The van der Waals surface area contributed by atoms with Crippen LogP contribution in [0.5, 0.6) is 5.75 Å². The average molecular weight is 375 g/mol. The number of nitrogens with one attached hydrogen (secondary N) is 1. The van der Waals surface area contributed by atoms with E-state index in [1.54, 1.807) is 0 Å². The van der Waals surface area contributed by atoms with Crippen LogP contribution < -0.4 is 10.1 Å². The number of hydrogen-bond acceptors (Lipinski definition) is 5. The molecule has 27 heavy (non-hydrogen) atoms. The number of ketones is 1. The molecular weight excluding hydrogens is 360 g/mol. The number of halogens is 2. The van der Waals surface area contributed by atoms with E-state index < -0.39 is 36.4 Å². The Morgan fingerprint density at radius 2 is 1.81 bits per heavy atom. The van der Waals surface area contributed by atoms with Crippen molar-refractivity contribution in [1.82, 2.24) is 15.2 Å². The third-order valence-corrected chi connectivity index (χ3v) is 4.24. The second-order valence-electron chi connectivity index (χ2n) is 6.01. The molecule has 1 N–H and O–H groups in total. The largest absolute Gasteiger partial charge is 0.435 e. The third-order valence-electron chi connectivity index (χ3n) is 4.24. The van der Waals surface area contributed by atoms with Gasteiger partial charge in [-0.1, -0.05) is 12.1 Å². The number of alkyl halides is 2. The summed E-state index contributed by atoms with van der Waals surface area (Å²) in [6.45, 7) is -1.90. The highest BCUT2D eigenvalue weighted by molar-refractivity contribution is 6.11. The van der Waals surface area contributed by atoms with E-state index in [0.29, 0.717) is 11.1 Å². The summed E-state index contributed by atoms with van der Waals surface area (Å²) in [6.07, 6.45) is 2.87. The molecule has 1 aromatic heterocycles. The Hall–Kier alpha value is -3.36. The van der Waals surface area contributed by atoms with E-state index in [1.165, 1.54) is 55.7 Å². The molecule has 0 radical (unpaired) electrons. The van der Waals surface area contributed by atoms with Crippen molar-refractivity contribution in [1.29, 1.82) is 0 Å². The summed E-state index contributed by atoms with van der Waals surface area (Å²) >= 11 is 0. The highest BCUT2D eigenvalue weighted by Gasteiger charge is 2.49. The smallest absolute Gasteiger partial charge is 0.387 e. The highest BCUT2D eigenvalue weighted by Crippen LogP contribution is 2.30. The van der Waals surface area contributed by atoms with Crippen LogP contribution in [0.25, 0.3) is 0 Å². The second-order valence-corrected chi connectivity index (χ2v) is 6.01. The van der Waals surface area contributed by atoms with Gasteiger partial charge in [0.05, 0.1) is 6.54 Å². The molecule has 1 aliphatic rings. The van der Waals surface area contributed by atoms with E-state index in [2.05, 4.69) is 15.0 Å². The van der Waals surface area contributed by atoms with Crippen LogP contribution in [0.15, 0.2) is 48.8 Å². The van der Waals surface area contributed by atoms with Gasteiger partial charge in [-0.15, -0.1) is 0 Å². The lowest BCUT2D eigenvalue weighted by Gasteiger charge is -2.22. The number of imide groups is 1. The number of ether oxygens (including phenoxy) is 1. The Morgan fingerprint density at radius 3 is 2.41 bits per heavy atom. The van der Waals surface area contributed by atoms with Crippen molar-refractivity contribution in [3.05, 3.63) is 59.9 Å². The first kappa shape index (κ1) is 18.4. The fraction of sp³-hybridized carbons (Fsp3) is 0.222. The molecular formula is C18H15F2N3O4. The monoisotopic (exact) mass is 375 g/mol. The lowest BCUT2D eigenvalue weighted by atomic mass is 9.92. The standard InChI is InChI=1S/C18H15F2N3O4/c1-18(12-2-4-13(5-3-12)27-16(19)20)15(25)23(17(26)22-18)10-14(24)11-6-8-21-9-7-11/h2-9,16H,10H2,1H3,(H,22,26). The zero-order chi connectivity index (χ0) is 19.6. The first-order valence-corrected chi connectivity index (χ1v) is 7.94. The van der Waals surface area contributed by atoms with Gasteiger partial charge in [0.2, 0.25) is 0 Å². The maximum Gasteiger partial charge on any atom is 0.387 e. The molecule has 1 atom stereocenters. The molecule has 140 valence electrons. The van der Waals surface area contributed by atoms with Crippen LogP contribution in [0, 0.1) is 0 Å². The maximum absolute atomic E-state index is 12.8. The van der Waals surface area contributed by atoms with Crippen LogP contribution in [0.2, 0.25) is 0 Å². The molecule has 1 saturated heterocycles. The number of pyridine rings is 1. The molecule has 7 nitrogen and oxygen atoms in total. The summed E-state index contributed by atoms with van der Waals surface area (Å²) in [5.74, 6) is -1.10. The van der Waals surface area contributed by atoms with Crippen LogP contribution in [-0.2, 0) is 10.3 Å². The van der Waals surface area contributed by atoms with Gasteiger partial charge in [-0.3, -0.25) is 19.5 Å². The van der Waals surface area contributed by atoms with Gasteiger partial charge in [0, 0.05) is 18.0 Å². The summed E-state index contributed by atoms with van der Waals surface area (Å²) in [7, 11) is 0. The van der Waals surface area contributed by atoms with Crippen molar-refractivity contribution in [3.8, 4) is 5.75 Å². The number of Topliss-reactive ketones (excluding diaryl/α,β-unsaturated/α-hetero) is 1. The molecule has 1 aromatic carbocycles. The van der Waals surface area contributed by atoms with E-state index in [-0.39, 0.29) is 5.75 Å². The average Bonchev–Trinajstić information content (AvgIpc) is 2.86. The van der Waals surface area contributed by atoms with Crippen LogP contribution in [0.4, 0.5) is 13.6 Å². The van der Waals surface area contributed by atoms with E-state index in [4.69, 9.17) is 0 Å². The summed E-state index contributed by atoms with van der Waals surface area (Å²) in [4.78, 5) is 42.0. The topological polar surface area (TPSA) is 88.6 Å². The number of carbonyl (C=O) groups excluding carboxylic acids is 3. The number of amides is 3. The molecule has 2 heterocycles. The molecule has 3 rings (SSSR count). The molecule has 0 saturated carbocycles. The summed E-state index contributed by atoms with van der Waals surface area (Å²) < 4.78 is 28.8. The molecule has 0 spiro atoms. The maximum atomic E-state index is 12.8.